The van der Waals surface area contributed by atoms with Gasteiger partial charge in [-0.05, 0) is 13.8 Å². The molecule has 1 heterocycles. The smallest absolute Gasteiger partial charge is 0.335 e. The zero-order valence-corrected chi connectivity index (χ0v) is 8.47. The Morgan fingerprint density at radius 3 is 2.12 bits per heavy atom. The molecule has 0 aromatic heterocycles. The number of carboxylic acid groups (broad SMARTS) is 1. The molecule has 5 unspecified atom stereocenters. The summed E-state index contributed by atoms with van der Waals surface area (Å²) < 4.78 is 5.14. The van der Waals surface area contributed by atoms with Gasteiger partial charge in [0, 0.05) is 5.92 Å². The minimum absolute atomic E-state index is 0. The molecule has 1 fully saturated rings. The topological polar surface area (TPSA) is 87.0 Å². The third kappa shape index (κ3) is 2.72. The number of rotatable bonds is 1. The molecule has 1 rings (SSSR count). The Hall–Kier alpha value is -0.650. The first-order valence-corrected chi connectivity index (χ1v) is 4.57. The molecule has 5 heteroatoms. The van der Waals surface area contributed by atoms with Gasteiger partial charge in [0.15, 0.2) is 6.10 Å². The van der Waals surface area contributed by atoms with E-state index in [1.807, 2.05) is 0 Å². The lowest BCUT2D eigenvalue weighted by Crippen LogP contribution is -2.63. The second kappa shape index (κ2) is 5.61. The number of aliphatic hydroxyl groups is 2. The van der Waals surface area contributed by atoms with Crippen molar-refractivity contribution in [3.8, 4) is 0 Å². The summed E-state index contributed by atoms with van der Waals surface area (Å²) in [6, 6.07) is 0. The van der Waals surface area contributed by atoms with E-state index in [0.717, 1.165) is 0 Å². The first-order valence-electron chi connectivity index (χ1n) is 4.57. The fourth-order valence-corrected chi connectivity index (χ4v) is 1.73. The first kappa shape index (κ1) is 17.7. The van der Waals surface area contributed by atoms with Crippen LogP contribution in [0.4, 0.5) is 0 Å². The fourth-order valence-electron chi connectivity index (χ4n) is 1.73. The van der Waals surface area contributed by atoms with E-state index in [4.69, 9.17) is 9.84 Å². The molecule has 98 valence electrons. The van der Waals surface area contributed by atoms with E-state index in [2.05, 4.69) is 0 Å². The summed E-state index contributed by atoms with van der Waals surface area (Å²) >= 11 is 0. The molecule has 0 spiro atoms. The molecule has 0 aromatic rings. The summed E-state index contributed by atoms with van der Waals surface area (Å²) in [7, 11) is 0. The maximum Gasteiger partial charge on any atom is 0.335 e. The Bertz CT molecular complexity index is 239. The van der Waals surface area contributed by atoms with Crippen LogP contribution in [0, 0.1) is 5.92 Å². The Kier molecular flexibility index (Phi) is 6.22. The lowest BCUT2D eigenvalue weighted by Gasteiger charge is -2.45. The number of ether oxygens (including phenoxy) is 1. The van der Waals surface area contributed by atoms with Crippen LogP contribution in [0.1, 0.15) is 35.6 Å². The highest BCUT2D eigenvalue weighted by Crippen LogP contribution is 2.33. The molecule has 0 aromatic carbocycles. The molecule has 1 saturated heterocycles. The van der Waals surface area contributed by atoms with E-state index in [9.17, 15) is 15.0 Å². The van der Waals surface area contributed by atoms with Gasteiger partial charge in [0.25, 0.3) is 0 Å². The summed E-state index contributed by atoms with van der Waals surface area (Å²) in [4.78, 5) is 10.8. The zero-order valence-electron chi connectivity index (χ0n) is 8.47. The second-order valence-corrected chi connectivity index (χ2v) is 4.09. The Morgan fingerprint density at radius 2 is 1.75 bits per heavy atom. The quantitative estimate of drug-likeness (QED) is 0.629. The number of aliphatic hydroxyl groups excluding tert-OH is 1. The second-order valence-electron chi connectivity index (χ2n) is 4.09. The van der Waals surface area contributed by atoms with Gasteiger partial charge in [0.1, 0.15) is 5.60 Å². The van der Waals surface area contributed by atoms with Crippen molar-refractivity contribution in [2.45, 2.75) is 59.5 Å². The molecular weight excluding hydrogens is 212 g/mol. The number of carboxylic acids is 1. The minimum atomic E-state index is -1.74. The molecule has 1 aliphatic heterocycles. The molecule has 5 atom stereocenters. The van der Waals surface area contributed by atoms with E-state index in [-0.39, 0.29) is 26.9 Å². The molecule has 0 bridgehead atoms. The van der Waals surface area contributed by atoms with Gasteiger partial charge in [-0.2, -0.15) is 0 Å². The van der Waals surface area contributed by atoms with E-state index in [0.29, 0.717) is 0 Å². The van der Waals surface area contributed by atoms with Gasteiger partial charge in [-0.15, -0.1) is 0 Å². The van der Waals surface area contributed by atoms with E-state index < -0.39 is 23.8 Å². The summed E-state index contributed by atoms with van der Waals surface area (Å²) in [5, 5.41) is 28.3. The van der Waals surface area contributed by atoms with Crippen LogP contribution < -0.4 is 0 Å². The van der Waals surface area contributed by atoms with Crippen molar-refractivity contribution in [3.63, 3.8) is 0 Å². The van der Waals surface area contributed by atoms with Crippen molar-refractivity contribution in [1.82, 2.24) is 0 Å². The van der Waals surface area contributed by atoms with Gasteiger partial charge < -0.3 is 20.1 Å². The van der Waals surface area contributed by atoms with Crippen LogP contribution in [-0.2, 0) is 9.53 Å². The predicted octanol–water partition coefficient (Wildman–Crippen LogP) is 0.878. The van der Waals surface area contributed by atoms with Crippen LogP contribution in [0.15, 0.2) is 0 Å². The van der Waals surface area contributed by atoms with Gasteiger partial charge in [-0.25, -0.2) is 4.79 Å². The highest BCUT2D eigenvalue weighted by atomic mass is 16.5. The van der Waals surface area contributed by atoms with Crippen LogP contribution in [-0.4, -0.2) is 45.2 Å². The summed E-state index contributed by atoms with van der Waals surface area (Å²) in [5.74, 6) is -1.55. The van der Waals surface area contributed by atoms with Crippen molar-refractivity contribution >= 4 is 5.97 Å². The Morgan fingerprint density at radius 1 is 1.31 bits per heavy atom. The lowest BCUT2D eigenvalue weighted by molar-refractivity contribution is -0.242. The largest absolute Gasteiger partial charge is 0.479 e. The highest BCUT2D eigenvalue weighted by Gasteiger charge is 2.52. The monoisotopic (exact) mass is 236 g/mol. The van der Waals surface area contributed by atoms with Gasteiger partial charge in [0.05, 0.1) is 12.2 Å². The maximum absolute atomic E-state index is 10.8. The Labute approximate surface area is 97.1 Å². The van der Waals surface area contributed by atoms with E-state index in [1.165, 1.54) is 6.92 Å². The highest BCUT2D eigenvalue weighted by molar-refractivity contribution is 5.74. The molecule has 0 aliphatic carbocycles. The number of hydrogen-bond donors (Lipinski definition) is 3. The van der Waals surface area contributed by atoms with Gasteiger partial charge >= 0.3 is 5.97 Å². The van der Waals surface area contributed by atoms with Crippen LogP contribution in [0.3, 0.4) is 0 Å². The summed E-state index contributed by atoms with van der Waals surface area (Å²) in [6.07, 6.45) is -2.85. The standard InChI is InChI=1S/C9H16O5.2CH4/c1-4-5(2)14-7(8(11)12)9(3,13)6(4)10;;/h4-7,10,13H,1-3H3,(H,11,12);2*1H4. The first-order chi connectivity index (χ1) is 6.28. The molecule has 5 nitrogen and oxygen atoms in total. The van der Waals surface area contributed by atoms with Crippen LogP contribution in [0.25, 0.3) is 0 Å². The average molecular weight is 236 g/mol. The summed E-state index contributed by atoms with van der Waals surface area (Å²) in [5.41, 5.74) is -1.74. The van der Waals surface area contributed by atoms with Crippen molar-refractivity contribution in [2.75, 3.05) is 0 Å². The maximum atomic E-state index is 10.8. The average Bonchev–Trinajstić information content (AvgIpc) is 2.08. The van der Waals surface area contributed by atoms with Crippen LogP contribution >= 0.6 is 0 Å². The van der Waals surface area contributed by atoms with Crippen molar-refractivity contribution in [2.24, 2.45) is 5.92 Å². The van der Waals surface area contributed by atoms with Gasteiger partial charge in [-0.1, -0.05) is 21.8 Å². The Balaban J connectivity index is 0. The third-order valence-electron chi connectivity index (χ3n) is 2.94. The third-order valence-corrected chi connectivity index (χ3v) is 2.94. The van der Waals surface area contributed by atoms with Gasteiger partial charge in [-0.3, -0.25) is 0 Å². The number of aliphatic carboxylic acids is 1. The van der Waals surface area contributed by atoms with E-state index >= 15 is 0 Å². The van der Waals surface area contributed by atoms with Gasteiger partial charge in [0.2, 0.25) is 0 Å². The van der Waals surface area contributed by atoms with Crippen molar-refractivity contribution < 1.29 is 24.9 Å². The van der Waals surface area contributed by atoms with E-state index in [1.54, 1.807) is 13.8 Å². The molecule has 0 radical (unpaired) electrons. The normalized spacial score (nSPS) is 42.8. The van der Waals surface area contributed by atoms with Crippen LogP contribution in [0.5, 0.6) is 0 Å². The summed E-state index contributed by atoms with van der Waals surface area (Å²) in [6.45, 7) is 4.67. The van der Waals surface area contributed by atoms with Crippen molar-refractivity contribution in [3.05, 3.63) is 0 Å². The fraction of sp³-hybridized carbons (Fsp3) is 0.909. The number of carbonyl (C=O) groups is 1. The SMILES string of the molecule is C.C.CC1OC(C(=O)O)C(C)(O)C(O)C1C. The molecule has 16 heavy (non-hydrogen) atoms. The lowest BCUT2D eigenvalue weighted by atomic mass is 9.79. The van der Waals surface area contributed by atoms with Crippen molar-refractivity contribution in [1.29, 1.82) is 0 Å². The molecule has 0 saturated carbocycles. The molecule has 1 aliphatic rings. The number of hydrogen-bond acceptors (Lipinski definition) is 4. The zero-order chi connectivity index (χ0) is 11.1. The molecule has 0 amide bonds. The minimum Gasteiger partial charge on any atom is -0.479 e. The molecule has 3 N–H and O–H groups in total. The molecular formula is C11H24O5. The van der Waals surface area contributed by atoms with Crippen LogP contribution in [0.2, 0.25) is 0 Å². The predicted molar refractivity (Wildman–Crippen MR) is 61.2 cm³/mol.